The van der Waals surface area contributed by atoms with Crippen LogP contribution in [0.2, 0.25) is 0 Å². The molecule has 2 heterocycles. The van der Waals surface area contributed by atoms with Gasteiger partial charge < -0.3 is 9.88 Å². The Morgan fingerprint density at radius 1 is 1.28 bits per heavy atom. The number of nitrogens with two attached hydrogens (primary N) is 1. The smallest absolute Gasteiger partial charge is 0.238 e. The number of thioether (sulfide) groups is 1. The maximum absolute atomic E-state index is 12.7. The molecular formula is C18H24N6O3S2. The van der Waals surface area contributed by atoms with Gasteiger partial charge in [0.15, 0.2) is 5.16 Å². The molecule has 0 spiro atoms. The molecule has 3 aromatic rings. The molecule has 1 aromatic carbocycles. The number of primary sulfonamides is 1. The van der Waals surface area contributed by atoms with Crippen molar-refractivity contribution >= 4 is 44.5 Å². The molecule has 0 aliphatic carbocycles. The molecule has 0 aliphatic heterocycles. The second kappa shape index (κ2) is 8.17. The molecule has 29 heavy (non-hydrogen) atoms. The van der Waals surface area contributed by atoms with Gasteiger partial charge in [-0.1, -0.05) is 11.8 Å². The summed E-state index contributed by atoms with van der Waals surface area (Å²) in [5.74, 6) is 0.469. The number of amides is 1. The zero-order valence-corrected chi connectivity index (χ0v) is 18.3. The van der Waals surface area contributed by atoms with Gasteiger partial charge in [-0.05, 0) is 45.9 Å². The third kappa shape index (κ3) is 4.46. The molecule has 0 saturated heterocycles. The fraction of sp³-hybridized carbons (Fsp3) is 0.389. The van der Waals surface area contributed by atoms with Crippen molar-refractivity contribution in [2.24, 2.45) is 5.14 Å². The summed E-state index contributed by atoms with van der Waals surface area (Å²) in [7, 11) is -3.81. The van der Waals surface area contributed by atoms with E-state index >= 15 is 0 Å². The molecule has 0 bridgehead atoms. The van der Waals surface area contributed by atoms with Crippen LogP contribution in [-0.2, 0) is 21.4 Å². The van der Waals surface area contributed by atoms with Gasteiger partial charge in [0.2, 0.25) is 15.9 Å². The summed E-state index contributed by atoms with van der Waals surface area (Å²) in [5, 5.41) is 12.5. The van der Waals surface area contributed by atoms with Crippen LogP contribution < -0.4 is 10.5 Å². The molecule has 2 aromatic heterocycles. The van der Waals surface area contributed by atoms with E-state index in [2.05, 4.69) is 15.4 Å². The van der Waals surface area contributed by atoms with E-state index < -0.39 is 15.3 Å². The Morgan fingerprint density at radius 2 is 2.00 bits per heavy atom. The number of imidazole rings is 1. The second-order valence-corrected chi connectivity index (χ2v) is 9.71. The summed E-state index contributed by atoms with van der Waals surface area (Å²) in [6.45, 7) is 8.36. The quantitative estimate of drug-likeness (QED) is 0.549. The summed E-state index contributed by atoms with van der Waals surface area (Å²) >= 11 is 1.31. The van der Waals surface area contributed by atoms with E-state index in [1.54, 1.807) is 29.9 Å². The maximum Gasteiger partial charge on any atom is 0.238 e. The van der Waals surface area contributed by atoms with Gasteiger partial charge >= 0.3 is 0 Å². The first-order valence-electron chi connectivity index (χ1n) is 9.16. The van der Waals surface area contributed by atoms with Crippen molar-refractivity contribution in [2.75, 3.05) is 5.32 Å². The topological polar surface area (TPSA) is 125 Å². The lowest BCUT2D eigenvalue weighted by Crippen LogP contribution is -2.25. The molecule has 0 radical (unpaired) electrons. The van der Waals surface area contributed by atoms with Crippen molar-refractivity contribution in [3.8, 4) is 0 Å². The fourth-order valence-corrected chi connectivity index (χ4v) is 4.45. The number of benzene rings is 1. The van der Waals surface area contributed by atoms with Crippen molar-refractivity contribution in [3.63, 3.8) is 0 Å². The predicted molar refractivity (Wildman–Crippen MR) is 113 cm³/mol. The van der Waals surface area contributed by atoms with Crippen molar-refractivity contribution < 1.29 is 13.2 Å². The zero-order chi connectivity index (χ0) is 21.3. The Bertz CT molecular complexity index is 1150. The molecule has 1 unspecified atom stereocenters. The van der Waals surface area contributed by atoms with E-state index in [1.165, 1.54) is 23.9 Å². The highest BCUT2D eigenvalue weighted by atomic mass is 32.2. The standard InChI is InChI=1S/C18H24N6O3S2/c1-5-23-15-7-6-13(29(19,26)27)10-14(15)21-18(23)28-12(4)17(25)22-16-8-9-20-24(16)11(2)3/h6-12H,5H2,1-4H3,(H,22,25)(H2,19,26,27). The molecule has 1 atom stereocenters. The first kappa shape index (κ1) is 21.3. The Labute approximate surface area is 173 Å². The Kier molecular flexibility index (Phi) is 6.01. The highest BCUT2D eigenvalue weighted by molar-refractivity contribution is 8.00. The second-order valence-electron chi connectivity index (χ2n) is 6.84. The highest BCUT2D eigenvalue weighted by Crippen LogP contribution is 2.29. The van der Waals surface area contributed by atoms with Crippen LogP contribution in [0, 0.1) is 0 Å². The van der Waals surface area contributed by atoms with E-state index in [9.17, 15) is 13.2 Å². The molecule has 3 N–H and O–H groups in total. The summed E-state index contributed by atoms with van der Waals surface area (Å²) in [6.07, 6.45) is 1.65. The van der Waals surface area contributed by atoms with Crippen LogP contribution in [0.1, 0.15) is 33.7 Å². The third-order valence-electron chi connectivity index (χ3n) is 4.39. The number of rotatable bonds is 7. The molecule has 9 nitrogen and oxygen atoms in total. The minimum absolute atomic E-state index is 0.00930. The monoisotopic (exact) mass is 436 g/mol. The van der Waals surface area contributed by atoms with Crippen molar-refractivity contribution in [1.82, 2.24) is 19.3 Å². The number of sulfonamides is 1. The highest BCUT2D eigenvalue weighted by Gasteiger charge is 2.21. The molecule has 0 aliphatic rings. The van der Waals surface area contributed by atoms with E-state index in [-0.39, 0.29) is 16.8 Å². The van der Waals surface area contributed by atoms with Crippen LogP contribution in [0.4, 0.5) is 5.82 Å². The molecule has 11 heteroatoms. The number of aryl methyl sites for hydroxylation is 1. The number of fused-ring (bicyclic) bond motifs is 1. The summed E-state index contributed by atoms with van der Waals surface area (Å²) < 4.78 is 26.9. The van der Waals surface area contributed by atoms with Gasteiger partial charge in [-0.2, -0.15) is 5.10 Å². The Balaban J connectivity index is 1.84. The summed E-state index contributed by atoms with van der Waals surface area (Å²) in [6, 6.07) is 6.48. The van der Waals surface area contributed by atoms with Crippen LogP contribution in [-0.4, -0.2) is 38.9 Å². The lowest BCUT2D eigenvalue weighted by Gasteiger charge is -2.15. The number of hydrogen-bond acceptors (Lipinski definition) is 6. The van der Waals surface area contributed by atoms with Crippen LogP contribution in [0.5, 0.6) is 0 Å². The van der Waals surface area contributed by atoms with Crippen LogP contribution >= 0.6 is 11.8 Å². The van der Waals surface area contributed by atoms with E-state index in [1.807, 2.05) is 25.3 Å². The van der Waals surface area contributed by atoms with Crippen LogP contribution in [0.25, 0.3) is 11.0 Å². The van der Waals surface area contributed by atoms with Gasteiger partial charge in [0.25, 0.3) is 0 Å². The Hall–Kier alpha value is -2.37. The maximum atomic E-state index is 12.7. The largest absolute Gasteiger partial charge is 0.319 e. The molecule has 0 saturated carbocycles. The van der Waals surface area contributed by atoms with Gasteiger partial charge in [0, 0.05) is 18.7 Å². The number of aromatic nitrogens is 4. The fourth-order valence-electron chi connectivity index (χ4n) is 2.92. The zero-order valence-electron chi connectivity index (χ0n) is 16.7. The molecule has 1 amide bonds. The summed E-state index contributed by atoms with van der Waals surface area (Å²) in [4.78, 5) is 17.2. The number of carbonyl (C=O) groups excluding carboxylic acids is 1. The first-order valence-corrected chi connectivity index (χ1v) is 11.6. The number of nitrogens with one attached hydrogen (secondary N) is 1. The van der Waals surface area contributed by atoms with Crippen molar-refractivity contribution in [3.05, 3.63) is 30.5 Å². The summed E-state index contributed by atoms with van der Waals surface area (Å²) in [5.41, 5.74) is 1.30. The van der Waals surface area contributed by atoms with Gasteiger partial charge in [-0.3, -0.25) is 4.79 Å². The number of anilines is 1. The third-order valence-corrected chi connectivity index (χ3v) is 6.39. The van der Waals surface area contributed by atoms with Crippen LogP contribution in [0.15, 0.2) is 40.5 Å². The lowest BCUT2D eigenvalue weighted by atomic mass is 10.3. The number of carbonyl (C=O) groups is 1. The average Bonchev–Trinajstić information content (AvgIpc) is 3.23. The van der Waals surface area contributed by atoms with E-state index in [4.69, 9.17) is 5.14 Å². The van der Waals surface area contributed by atoms with Gasteiger partial charge in [0.1, 0.15) is 5.82 Å². The number of nitrogens with zero attached hydrogens (tertiary/aromatic N) is 4. The van der Waals surface area contributed by atoms with Crippen molar-refractivity contribution in [1.29, 1.82) is 0 Å². The SMILES string of the molecule is CCn1c(SC(C)C(=O)Nc2ccnn2C(C)C)nc2cc(S(N)(=O)=O)ccc21. The minimum atomic E-state index is -3.81. The lowest BCUT2D eigenvalue weighted by molar-refractivity contribution is -0.115. The molecule has 3 rings (SSSR count). The van der Waals surface area contributed by atoms with Crippen molar-refractivity contribution in [2.45, 2.75) is 55.6 Å². The normalized spacial score (nSPS) is 13.2. The van der Waals surface area contributed by atoms with E-state index in [0.29, 0.717) is 23.0 Å². The Morgan fingerprint density at radius 3 is 2.62 bits per heavy atom. The first-order chi connectivity index (χ1) is 13.6. The van der Waals surface area contributed by atoms with Gasteiger partial charge in [-0.25, -0.2) is 23.2 Å². The molecule has 0 fully saturated rings. The predicted octanol–water partition coefficient (Wildman–Crippen LogP) is 2.60. The van der Waals surface area contributed by atoms with Gasteiger partial charge in [0.05, 0.1) is 27.4 Å². The van der Waals surface area contributed by atoms with Gasteiger partial charge in [-0.15, -0.1) is 0 Å². The molecule has 156 valence electrons. The van der Waals surface area contributed by atoms with Crippen LogP contribution in [0.3, 0.4) is 0 Å². The number of hydrogen-bond donors (Lipinski definition) is 2. The van der Waals surface area contributed by atoms with E-state index in [0.717, 1.165) is 5.52 Å². The minimum Gasteiger partial charge on any atom is -0.319 e. The molecular weight excluding hydrogens is 412 g/mol. The average molecular weight is 437 g/mol.